The molecule has 0 unspecified atom stereocenters. The van der Waals surface area contributed by atoms with Gasteiger partial charge in [0.2, 0.25) is 5.95 Å². The molecule has 0 aliphatic rings. The van der Waals surface area contributed by atoms with Gasteiger partial charge >= 0.3 is 0 Å². The van der Waals surface area contributed by atoms with Gasteiger partial charge < -0.3 is 0 Å². The van der Waals surface area contributed by atoms with E-state index in [1.54, 1.807) is 18.2 Å². The number of aromatic amines is 1. The van der Waals surface area contributed by atoms with Crippen molar-refractivity contribution in [1.82, 2.24) is 20.2 Å². The quantitative estimate of drug-likeness (QED) is 0.741. The van der Waals surface area contributed by atoms with Crippen LogP contribution in [0, 0.1) is 0 Å². The molecule has 0 fully saturated rings. The van der Waals surface area contributed by atoms with E-state index in [9.17, 15) is 13.2 Å². The van der Waals surface area contributed by atoms with Crippen LogP contribution in [-0.2, 0) is 9.84 Å². The summed E-state index contributed by atoms with van der Waals surface area (Å²) in [6.45, 7) is 0. The molecule has 24 heavy (non-hydrogen) atoms. The van der Waals surface area contributed by atoms with Crippen LogP contribution < -0.4 is 5.32 Å². The molecular formula is C15H13N5O3S. The van der Waals surface area contributed by atoms with E-state index in [-0.39, 0.29) is 16.5 Å². The lowest BCUT2D eigenvalue weighted by atomic mass is 10.1. The predicted octanol–water partition coefficient (Wildman–Crippen LogP) is 1.52. The molecule has 3 aromatic rings. The lowest BCUT2D eigenvalue weighted by Crippen LogP contribution is -2.14. The molecular weight excluding hydrogens is 330 g/mol. The molecule has 0 spiro atoms. The summed E-state index contributed by atoms with van der Waals surface area (Å²) in [5.74, 6) is -0.313. The second-order valence-electron chi connectivity index (χ2n) is 4.99. The fraction of sp³-hybridized carbons (Fsp3) is 0.0667. The molecule has 3 rings (SSSR count). The zero-order valence-corrected chi connectivity index (χ0v) is 13.4. The number of amides is 1. The standard InChI is InChI=1S/C15H13N5O3S/c1-24(22,23)13-5-3-2-4-11(13)10-8-16-15(17-9-10)19-14(21)12-6-7-18-20-12/h2-9H,1H3,(H,18,20)(H,16,17,19,21). The number of nitrogens with one attached hydrogen (secondary N) is 2. The molecule has 2 aromatic heterocycles. The molecule has 0 aliphatic heterocycles. The second-order valence-corrected chi connectivity index (χ2v) is 6.97. The highest BCUT2D eigenvalue weighted by Crippen LogP contribution is 2.26. The van der Waals surface area contributed by atoms with Crippen molar-refractivity contribution in [2.24, 2.45) is 0 Å². The highest BCUT2D eigenvalue weighted by atomic mass is 32.2. The van der Waals surface area contributed by atoms with E-state index >= 15 is 0 Å². The van der Waals surface area contributed by atoms with Crippen LogP contribution in [0.15, 0.2) is 53.8 Å². The normalized spacial score (nSPS) is 11.2. The van der Waals surface area contributed by atoms with Crippen molar-refractivity contribution in [3.05, 3.63) is 54.6 Å². The number of nitrogens with zero attached hydrogens (tertiary/aromatic N) is 3. The largest absolute Gasteiger partial charge is 0.289 e. The Bertz CT molecular complexity index is 967. The SMILES string of the molecule is CS(=O)(=O)c1ccccc1-c1cnc(NC(=O)c2ccn[nH]2)nc1. The monoisotopic (exact) mass is 343 g/mol. The predicted molar refractivity (Wildman–Crippen MR) is 87.1 cm³/mol. The number of rotatable bonds is 4. The van der Waals surface area contributed by atoms with Crippen LogP contribution in [0.25, 0.3) is 11.1 Å². The molecule has 0 bridgehead atoms. The minimum absolute atomic E-state index is 0.107. The van der Waals surface area contributed by atoms with Gasteiger partial charge in [-0.1, -0.05) is 18.2 Å². The Morgan fingerprint density at radius 1 is 1.12 bits per heavy atom. The van der Waals surface area contributed by atoms with Crippen LogP contribution in [0.4, 0.5) is 5.95 Å². The summed E-state index contributed by atoms with van der Waals surface area (Å²) in [6, 6.07) is 8.11. The van der Waals surface area contributed by atoms with E-state index in [0.717, 1.165) is 6.26 Å². The highest BCUT2D eigenvalue weighted by Gasteiger charge is 2.15. The number of hydrogen-bond donors (Lipinski definition) is 2. The van der Waals surface area contributed by atoms with Crippen molar-refractivity contribution >= 4 is 21.7 Å². The lowest BCUT2D eigenvalue weighted by molar-refractivity contribution is 0.102. The van der Waals surface area contributed by atoms with Crippen molar-refractivity contribution in [2.45, 2.75) is 4.90 Å². The molecule has 1 aromatic carbocycles. The molecule has 2 N–H and O–H groups in total. The smallest absolute Gasteiger partial charge is 0.276 e. The fourth-order valence-electron chi connectivity index (χ4n) is 2.11. The van der Waals surface area contributed by atoms with Gasteiger partial charge in [0, 0.05) is 36.0 Å². The Kier molecular flexibility index (Phi) is 4.09. The fourth-order valence-corrected chi connectivity index (χ4v) is 3.02. The number of carbonyl (C=O) groups excluding carboxylic acids is 1. The third-order valence-electron chi connectivity index (χ3n) is 3.22. The zero-order chi connectivity index (χ0) is 17.2. The van der Waals surface area contributed by atoms with Crippen molar-refractivity contribution in [1.29, 1.82) is 0 Å². The molecule has 9 heteroatoms. The molecule has 0 radical (unpaired) electrons. The Hall–Kier alpha value is -3.07. The maximum atomic E-state index is 11.9. The number of carbonyl (C=O) groups is 1. The molecule has 0 aliphatic carbocycles. The topological polar surface area (TPSA) is 118 Å². The van der Waals surface area contributed by atoms with Gasteiger partial charge in [-0.15, -0.1) is 0 Å². The van der Waals surface area contributed by atoms with Gasteiger partial charge in [0.15, 0.2) is 9.84 Å². The Balaban J connectivity index is 1.87. The maximum absolute atomic E-state index is 11.9. The number of hydrogen-bond acceptors (Lipinski definition) is 6. The van der Waals surface area contributed by atoms with Crippen LogP contribution in [0.2, 0.25) is 0 Å². The van der Waals surface area contributed by atoms with Gasteiger partial charge in [-0.05, 0) is 12.1 Å². The van der Waals surface area contributed by atoms with E-state index in [2.05, 4.69) is 25.5 Å². The van der Waals surface area contributed by atoms with E-state index in [1.807, 2.05) is 0 Å². The van der Waals surface area contributed by atoms with Crippen LogP contribution >= 0.6 is 0 Å². The van der Waals surface area contributed by atoms with Crippen LogP contribution in [0.5, 0.6) is 0 Å². The molecule has 8 nitrogen and oxygen atoms in total. The molecule has 1 amide bonds. The first kappa shape index (κ1) is 15.8. The minimum Gasteiger partial charge on any atom is -0.289 e. The van der Waals surface area contributed by atoms with Crippen molar-refractivity contribution in [2.75, 3.05) is 11.6 Å². The number of H-pyrrole nitrogens is 1. The van der Waals surface area contributed by atoms with Gasteiger partial charge in [-0.2, -0.15) is 5.10 Å². The van der Waals surface area contributed by atoms with E-state index in [0.29, 0.717) is 11.1 Å². The van der Waals surface area contributed by atoms with Gasteiger partial charge in [0.05, 0.1) is 4.90 Å². The van der Waals surface area contributed by atoms with Crippen LogP contribution in [0.1, 0.15) is 10.5 Å². The van der Waals surface area contributed by atoms with Crippen molar-refractivity contribution in [3.63, 3.8) is 0 Å². The first-order valence-electron chi connectivity index (χ1n) is 6.87. The summed E-state index contributed by atoms with van der Waals surface area (Å²) < 4.78 is 23.7. The summed E-state index contributed by atoms with van der Waals surface area (Å²) >= 11 is 0. The molecule has 0 saturated heterocycles. The molecule has 0 saturated carbocycles. The minimum atomic E-state index is -3.38. The van der Waals surface area contributed by atoms with Gasteiger partial charge in [-0.3, -0.25) is 15.2 Å². The average molecular weight is 343 g/mol. The van der Waals surface area contributed by atoms with Crippen LogP contribution in [-0.4, -0.2) is 40.7 Å². The molecule has 122 valence electrons. The summed E-state index contributed by atoms with van der Waals surface area (Å²) in [6.07, 6.45) is 5.52. The summed E-state index contributed by atoms with van der Waals surface area (Å²) in [7, 11) is -3.38. The third kappa shape index (κ3) is 3.30. The molecule has 0 atom stereocenters. The highest BCUT2D eigenvalue weighted by molar-refractivity contribution is 7.90. The maximum Gasteiger partial charge on any atom is 0.276 e. The first-order chi connectivity index (χ1) is 11.4. The zero-order valence-electron chi connectivity index (χ0n) is 12.6. The van der Waals surface area contributed by atoms with E-state index in [4.69, 9.17) is 0 Å². The number of benzene rings is 1. The number of anilines is 1. The van der Waals surface area contributed by atoms with Crippen molar-refractivity contribution in [3.8, 4) is 11.1 Å². The van der Waals surface area contributed by atoms with Gasteiger partial charge in [-0.25, -0.2) is 18.4 Å². The molecule has 2 heterocycles. The van der Waals surface area contributed by atoms with Crippen LogP contribution in [0.3, 0.4) is 0 Å². The Labute approximate surface area is 137 Å². The Morgan fingerprint density at radius 2 is 1.83 bits per heavy atom. The number of sulfone groups is 1. The van der Waals surface area contributed by atoms with E-state index < -0.39 is 15.7 Å². The van der Waals surface area contributed by atoms with Crippen molar-refractivity contribution < 1.29 is 13.2 Å². The van der Waals surface area contributed by atoms with Gasteiger partial charge in [0.25, 0.3) is 5.91 Å². The third-order valence-corrected chi connectivity index (χ3v) is 4.38. The summed E-state index contributed by atoms with van der Waals surface area (Å²) in [4.78, 5) is 20.2. The summed E-state index contributed by atoms with van der Waals surface area (Å²) in [5, 5.41) is 8.74. The summed E-state index contributed by atoms with van der Waals surface area (Å²) in [5.41, 5.74) is 1.33. The average Bonchev–Trinajstić information content (AvgIpc) is 3.09. The number of aromatic nitrogens is 4. The Morgan fingerprint density at radius 3 is 2.46 bits per heavy atom. The lowest BCUT2D eigenvalue weighted by Gasteiger charge is -2.08. The van der Waals surface area contributed by atoms with E-state index in [1.165, 1.54) is 30.7 Å². The first-order valence-corrected chi connectivity index (χ1v) is 8.76. The van der Waals surface area contributed by atoms with Gasteiger partial charge in [0.1, 0.15) is 5.69 Å². The second kappa shape index (κ2) is 6.20.